The Bertz CT molecular complexity index is 1360. The van der Waals surface area contributed by atoms with Gasteiger partial charge in [-0.1, -0.05) is 67.4 Å². The van der Waals surface area contributed by atoms with Gasteiger partial charge in [-0.25, -0.2) is 8.42 Å². The second-order valence-corrected chi connectivity index (χ2v) is 12.8. The molecule has 212 valence electrons. The molecule has 8 heteroatoms. The summed E-state index contributed by atoms with van der Waals surface area (Å²) in [4.78, 5) is 18.1. The summed E-state index contributed by atoms with van der Waals surface area (Å²) in [6, 6.07) is 24.9. The van der Waals surface area contributed by atoms with E-state index in [9.17, 15) is 13.2 Å². The Kier molecular flexibility index (Phi) is 9.65. The third kappa shape index (κ3) is 7.57. The lowest BCUT2D eigenvalue weighted by atomic mass is 10.1. The normalized spacial score (nSPS) is 17.8. The van der Waals surface area contributed by atoms with Crippen molar-refractivity contribution in [1.29, 1.82) is 0 Å². The molecule has 2 fully saturated rings. The third-order valence-electron chi connectivity index (χ3n) is 7.86. The van der Waals surface area contributed by atoms with Gasteiger partial charge in [0.05, 0.1) is 4.90 Å². The fraction of sp³-hybridized carbons (Fsp3) is 0.406. The highest BCUT2D eigenvalue weighted by molar-refractivity contribution is 7.89. The largest absolute Gasteiger partial charge is 0.348 e. The lowest BCUT2D eigenvalue weighted by Crippen LogP contribution is -2.48. The van der Waals surface area contributed by atoms with E-state index in [1.165, 1.54) is 44.3 Å². The van der Waals surface area contributed by atoms with Crippen molar-refractivity contribution in [3.8, 4) is 0 Å². The van der Waals surface area contributed by atoms with Gasteiger partial charge < -0.3 is 5.32 Å². The molecule has 7 nitrogen and oxygen atoms in total. The summed E-state index contributed by atoms with van der Waals surface area (Å²) in [5.74, 6) is -0.0847. The van der Waals surface area contributed by atoms with E-state index in [2.05, 4.69) is 39.4 Å². The predicted molar refractivity (Wildman–Crippen MR) is 158 cm³/mol. The van der Waals surface area contributed by atoms with Gasteiger partial charge in [-0.3, -0.25) is 14.6 Å². The molecular weight excluding hydrogens is 520 g/mol. The molecule has 0 unspecified atom stereocenters. The van der Waals surface area contributed by atoms with Crippen LogP contribution in [0, 0.1) is 0 Å². The van der Waals surface area contributed by atoms with E-state index in [1.807, 2.05) is 30.3 Å². The van der Waals surface area contributed by atoms with Gasteiger partial charge in [-0.15, -0.1) is 0 Å². The monoisotopic (exact) mass is 560 g/mol. The Labute approximate surface area is 238 Å². The fourth-order valence-electron chi connectivity index (χ4n) is 5.61. The molecule has 0 aliphatic carbocycles. The van der Waals surface area contributed by atoms with Gasteiger partial charge in [0, 0.05) is 51.4 Å². The minimum absolute atomic E-state index is 0.0847. The van der Waals surface area contributed by atoms with Gasteiger partial charge in [-0.05, 0) is 66.9 Å². The molecule has 0 radical (unpaired) electrons. The number of rotatable bonds is 9. The highest BCUT2D eigenvalue weighted by Gasteiger charge is 2.28. The van der Waals surface area contributed by atoms with E-state index >= 15 is 0 Å². The minimum atomic E-state index is -3.47. The molecule has 0 spiro atoms. The zero-order chi connectivity index (χ0) is 27.8. The Morgan fingerprint density at radius 3 is 1.95 bits per heavy atom. The number of carbonyl (C=O) groups is 1. The van der Waals surface area contributed by atoms with Gasteiger partial charge in [0.25, 0.3) is 5.91 Å². The highest BCUT2D eigenvalue weighted by Crippen LogP contribution is 2.19. The summed E-state index contributed by atoms with van der Waals surface area (Å²) in [6.45, 7) is 6.68. The summed E-state index contributed by atoms with van der Waals surface area (Å²) in [5.41, 5.74) is 4.10. The molecule has 1 N–H and O–H groups in total. The van der Waals surface area contributed by atoms with E-state index in [4.69, 9.17) is 0 Å². The van der Waals surface area contributed by atoms with E-state index in [1.54, 1.807) is 28.6 Å². The molecule has 0 bridgehead atoms. The Hall–Kier alpha value is -3.04. The van der Waals surface area contributed by atoms with Crippen LogP contribution in [0.15, 0.2) is 83.8 Å². The number of carbonyl (C=O) groups excluding carboxylic acids is 1. The molecule has 0 saturated carbocycles. The first kappa shape index (κ1) is 28.5. The number of hydrogen-bond donors (Lipinski definition) is 1. The quantitative estimate of drug-likeness (QED) is 0.417. The van der Waals surface area contributed by atoms with Crippen molar-refractivity contribution in [3.63, 3.8) is 0 Å². The number of nitrogens with zero attached hydrogens (tertiary/aromatic N) is 3. The van der Waals surface area contributed by atoms with Crippen LogP contribution in [0.4, 0.5) is 0 Å². The molecule has 0 aromatic heterocycles. The fourth-order valence-corrected chi connectivity index (χ4v) is 7.06. The van der Waals surface area contributed by atoms with E-state index < -0.39 is 10.0 Å². The molecular formula is C32H40N4O3S. The summed E-state index contributed by atoms with van der Waals surface area (Å²) >= 11 is 0. The van der Waals surface area contributed by atoms with Crippen molar-refractivity contribution in [2.75, 3.05) is 39.3 Å². The van der Waals surface area contributed by atoms with Crippen molar-refractivity contribution in [1.82, 2.24) is 19.4 Å². The molecule has 1 amide bonds. The Balaban J connectivity index is 1.12. The van der Waals surface area contributed by atoms with Crippen molar-refractivity contribution in [2.24, 2.45) is 0 Å². The van der Waals surface area contributed by atoms with Crippen LogP contribution in [0.3, 0.4) is 0 Å². The van der Waals surface area contributed by atoms with Gasteiger partial charge in [0.1, 0.15) is 0 Å². The molecule has 2 aliphatic rings. The number of sulfonamides is 1. The first-order valence-electron chi connectivity index (χ1n) is 14.4. The lowest BCUT2D eigenvalue weighted by Gasteiger charge is -2.34. The predicted octanol–water partition coefficient (Wildman–Crippen LogP) is 4.50. The number of benzene rings is 3. The second kappa shape index (κ2) is 13.5. The van der Waals surface area contributed by atoms with Crippen molar-refractivity contribution in [2.45, 2.75) is 50.2 Å². The molecule has 2 heterocycles. The van der Waals surface area contributed by atoms with Gasteiger partial charge in [0.2, 0.25) is 10.0 Å². The zero-order valence-corrected chi connectivity index (χ0v) is 24.0. The van der Waals surface area contributed by atoms with Crippen LogP contribution in [-0.2, 0) is 29.7 Å². The van der Waals surface area contributed by atoms with Gasteiger partial charge >= 0.3 is 0 Å². The molecule has 5 rings (SSSR count). The maximum absolute atomic E-state index is 13.0. The molecule has 2 saturated heterocycles. The van der Waals surface area contributed by atoms with Gasteiger partial charge in [0.15, 0.2) is 0 Å². The van der Waals surface area contributed by atoms with Crippen LogP contribution >= 0.6 is 0 Å². The Morgan fingerprint density at radius 1 is 0.650 bits per heavy atom. The van der Waals surface area contributed by atoms with Crippen LogP contribution < -0.4 is 5.32 Å². The first-order valence-corrected chi connectivity index (χ1v) is 15.9. The summed E-state index contributed by atoms with van der Waals surface area (Å²) in [5, 5.41) is 3.09. The molecule has 40 heavy (non-hydrogen) atoms. The van der Waals surface area contributed by atoms with E-state index in [-0.39, 0.29) is 5.91 Å². The van der Waals surface area contributed by atoms with Crippen molar-refractivity contribution in [3.05, 3.63) is 101 Å². The summed E-state index contributed by atoms with van der Waals surface area (Å²) in [6.07, 6.45) is 5.22. The number of amides is 1. The average molecular weight is 561 g/mol. The van der Waals surface area contributed by atoms with Crippen LogP contribution in [-0.4, -0.2) is 67.7 Å². The lowest BCUT2D eigenvalue weighted by molar-refractivity contribution is 0.0950. The third-order valence-corrected chi connectivity index (χ3v) is 9.77. The summed E-state index contributed by atoms with van der Waals surface area (Å²) < 4.78 is 27.4. The minimum Gasteiger partial charge on any atom is -0.348 e. The molecule has 2 aliphatic heterocycles. The Morgan fingerprint density at radius 2 is 1.25 bits per heavy atom. The average Bonchev–Trinajstić information content (AvgIpc) is 3.26. The number of nitrogens with one attached hydrogen (secondary N) is 1. The number of likely N-dealkylation sites (tertiary alicyclic amines) is 1. The van der Waals surface area contributed by atoms with Crippen molar-refractivity contribution >= 4 is 15.9 Å². The maximum atomic E-state index is 13.0. The van der Waals surface area contributed by atoms with Crippen LogP contribution in [0.1, 0.15) is 52.7 Å². The van der Waals surface area contributed by atoms with Crippen LogP contribution in [0.2, 0.25) is 0 Å². The van der Waals surface area contributed by atoms with E-state index in [0.717, 1.165) is 17.7 Å². The maximum Gasteiger partial charge on any atom is 0.251 e. The van der Waals surface area contributed by atoms with Gasteiger partial charge in [-0.2, -0.15) is 4.31 Å². The molecule has 3 aromatic carbocycles. The highest BCUT2D eigenvalue weighted by atomic mass is 32.2. The zero-order valence-electron chi connectivity index (χ0n) is 23.2. The first-order chi connectivity index (χ1) is 19.5. The summed E-state index contributed by atoms with van der Waals surface area (Å²) in [7, 11) is -3.47. The van der Waals surface area contributed by atoms with Crippen molar-refractivity contribution < 1.29 is 13.2 Å². The number of hydrogen-bond acceptors (Lipinski definition) is 5. The topological polar surface area (TPSA) is 73.0 Å². The SMILES string of the molecule is O=C(NCc1cccc(CN2CCCCCC2)c1)c1cccc(CN2CCN(S(=O)(=O)c3ccccc3)CC2)c1. The van der Waals surface area contributed by atoms with Crippen LogP contribution in [0.25, 0.3) is 0 Å². The number of piperazine rings is 1. The standard InChI is InChI=1S/C32H40N4O3S/c37-32(33-24-27-10-8-11-28(22-27)25-34-16-6-1-2-7-17-34)30-13-9-12-29(23-30)26-35-18-20-36(21-19-35)40(38,39)31-14-4-3-5-15-31/h3-5,8-15,22-23H,1-2,6-7,16-21,24-26H2,(H,33,37). The van der Waals surface area contributed by atoms with Crippen LogP contribution in [0.5, 0.6) is 0 Å². The second-order valence-electron chi connectivity index (χ2n) is 10.9. The molecule has 3 aromatic rings. The smallest absolute Gasteiger partial charge is 0.251 e. The molecule has 0 atom stereocenters. The van der Waals surface area contributed by atoms with E-state index in [0.29, 0.717) is 49.7 Å².